The number of rotatable bonds is 4. The van der Waals surface area contributed by atoms with E-state index in [0.29, 0.717) is 36.0 Å². The van der Waals surface area contributed by atoms with Gasteiger partial charge in [-0.2, -0.15) is 0 Å². The Labute approximate surface area is 188 Å². The summed E-state index contributed by atoms with van der Waals surface area (Å²) in [4.78, 5) is 37.1. The van der Waals surface area contributed by atoms with Crippen LogP contribution >= 0.6 is 11.3 Å². The fourth-order valence-corrected chi connectivity index (χ4v) is 5.14. The number of morpholine rings is 1. The van der Waals surface area contributed by atoms with Crippen molar-refractivity contribution in [2.24, 2.45) is 0 Å². The van der Waals surface area contributed by atoms with Crippen LogP contribution < -0.4 is 5.32 Å². The smallest absolute Gasteiger partial charge is 0.274 e. The van der Waals surface area contributed by atoms with Crippen molar-refractivity contribution in [2.75, 3.05) is 19.7 Å². The average molecular weight is 450 g/mol. The summed E-state index contributed by atoms with van der Waals surface area (Å²) < 4.78 is 8.85. The molecule has 1 atom stereocenters. The van der Waals surface area contributed by atoms with E-state index in [-0.39, 0.29) is 17.9 Å². The van der Waals surface area contributed by atoms with Gasteiger partial charge in [-0.25, -0.2) is 9.97 Å². The summed E-state index contributed by atoms with van der Waals surface area (Å²) in [6, 6.07) is 9.74. The summed E-state index contributed by atoms with van der Waals surface area (Å²) in [5.74, 6) is 0.198. The van der Waals surface area contributed by atoms with Gasteiger partial charge in [0.15, 0.2) is 0 Å². The van der Waals surface area contributed by atoms with Crippen LogP contribution in [0, 0.1) is 0 Å². The third-order valence-corrected chi connectivity index (χ3v) is 6.58. The Balaban J connectivity index is 1.47. The lowest BCUT2D eigenvalue weighted by molar-refractivity contribution is -0.0224. The highest BCUT2D eigenvalue weighted by Crippen LogP contribution is 2.38. The maximum absolute atomic E-state index is 13.2. The van der Waals surface area contributed by atoms with Gasteiger partial charge in [-0.3, -0.25) is 14.0 Å². The highest BCUT2D eigenvalue weighted by atomic mass is 32.1. The standard InChI is InChI=1S/C23H23N5O3S/c1-14(2)25-21(29)20-19(15-6-3-4-7-18(15)32-20)17-13-27(10-11-31-17)22(30)16-12-28-9-5-8-24-23(28)26-16/h3-9,12,14,17H,10-11,13H2,1-2H3,(H,25,29)/t17-/m0/s1. The SMILES string of the molecule is CC(C)NC(=O)c1sc2ccccc2c1[C@@H]1CN(C(=O)c2cn3cccnc3n2)CCO1. The Morgan fingerprint density at radius 1 is 1.25 bits per heavy atom. The monoisotopic (exact) mass is 449 g/mol. The van der Waals surface area contributed by atoms with E-state index < -0.39 is 6.10 Å². The van der Waals surface area contributed by atoms with Crippen molar-refractivity contribution in [1.82, 2.24) is 24.6 Å². The number of imidazole rings is 1. The number of thiophene rings is 1. The van der Waals surface area contributed by atoms with Crippen LogP contribution in [0.5, 0.6) is 0 Å². The molecule has 0 spiro atoms. The fourth-order valence-electron chi connectivity index (χ4n) is 3.98. The number of hydrogen-bond donors (Lipinski definition) is 1. The topological polar surface area (TPSA) is 88.8 Å². The van der Waals surface area contributed by atoms with Gasteiger partial charge < -0.3 is 15.0 Å². The van der Waals surface area contributed by atoms with Gasteiger partial charge in [0.25, 0.3) is 11.8 Å². The molecule has 1 aromatic carbocycles. The highest BCUT2D eigenvalue weighted by Gasteiger charge is 2.32. The molecule has 0 radical (unpaired) electrons. The zero-order chi connectivity index (χ0) is 22.2. The Kier molecular flexibility index (Phi) is 5.36. The van der Waals surface area contributed by atoms with Gasteiger partial charge in [-0.15, -0.1) is 11.3 Å². The van der Waals surface area contributed by atoms with E-state index in [0.717, 1.165) is 15.6 Å². The number of amides is 2. The largest absolute Gasteiger partial charge is 0.370 e. The molecule has 5 rings (SSSR count). The van der Waals surface area contributed by atoms with E-state index >= 15 is 0 Å². The molecule has 1 aliphatic rings. The van der Waals surface area contributed by atoms with Crippen LogP contribution in [0.15, 0.2) is 48.9 Å². The first-order valence-corrected chi connectivity index (χ1v) is 11.4. The van der Waals surface area contributed by atoms with Gasteiger partial charge >= 0.3 is 0 Å². The van der Waals surface area contributed by atoms with Gasteiger partial charge in [0.1, 0.15) is 11.8 Å². The number of carbonyl (C=O) groups is 2. The maximum atomic E-state index is 13.2. The first kappa shape index (κ1) is 20.6. The second-order valence-electron chi connectivity index (χ2n) is 8.03. The molecule has 4 aromatic rings. The Hall–Kier alpha value is -3.30. The summed E-state index contributed by atoms with van der Waals surface area (Å²) >= 11 is 1.46. The minimum atomic E-state index is -0.396. The molecule has 2 amide bonds. The van der Waals surface area contributed by atoms with Crippen molar-refractivity contribution in [3.63, 3.8) is 0 Å². The molecule has 0 aliphatic carbocycles. The van der Waals surface area contributed by atoms with Crippen LogP contribution in [-0.4, -0.2) is 56.8 Å². The molecule has 1 aliphatic heterocycles. The molecule has 1 N–H and O–H groups in total. The molecule has 9 heteroatoms. The number of aromatic nitrogens is 3. The Bertz CT molecular complexity index is 1280. The maximum Gasteiger partial charge on any atom is 0.274 e. The highest BCUT2D eigenvalue weighted by molar-refractivity contribution is 7.21. The van der Waals surface area contributed by atoms with Gasteiger partial charge in [0, 0.05) is 41.4 Å². The van der Waals surface area contributed by atoms with Gasteiger partial charge in [0.05, 0.1) is 18.0 Å². The van der Waals surface area contributed by atoms with E-state index in [1.807, 2.05) is 44.3 Å². The third-order valence-electron chi connectivity index (χ3n) is 5.39. The number of nitrogens with one attached hydrogen (secondary N) is 1. The van der Waals surface area contributed by atoms with E-state index in [1.54, 1.807) is 27.8 Å². The van der Waals surface area contributed by atoms with Crippen LogP contribution in [-0.2, 0) is 4.74 Å². The summed E-state index contributed by atoms with van der Waals surface area (Å²) in [6.45, 7) is 5.07. The average Bonchev–Trinajstić information content (AvgIpc) is 3.40. The van der Waals surface area contributed by atoms with E-state index in [4.69, 9.17) is 4.74 Å². The van der Waals surface area contributed by atoms with Crippen molar-refractivity contribution >= 4 is 39.0 Å². The lowest BCUT2D eigenvalue weighted by Gasteiger charge is -2.33. The number of fused-ring (bicyclic) bond motifs is 2. The molecular formula is C23H23N5O3S. The molecule has 0 bridgehead atoms. The number of carbonyl (C=O) groups excluding carboxylic acids is 2. The lowest BCUT2D eigenvalue weighted by Crippen LogP contribution is -2.42. The molecule has 8 nitrogen and oxygen atoms in total. The molecule has 3 aromatic heterocycles. The van der Waals surface area contributed by atoms with Crippen LogP contribution in [0.2, 0.25) is 0 Å². The number of benzene rings is 1. The minimum Gasteiger partial charge on any atom is -0.370 e. The molecule has 1 fully saturated rings. The van der Waals surface area contributed by atoms with Gasteiger partial charge in [0.2, 0.25) is 5.78 Å². The van der Waals surface area contributed by atoms with Crippen molar-refractivity contribution in [1.29, 1.82) is 0 Å². The van der Waals surface area contributed by atoms with Crippen LogP contribution in [0.1, 0.15) is 45.7 Å². The Morgan fingerprint density at radius 3 is 2.91 bits per heavy atom. The number of nitrogens with zero attached hydrogens (tertiary/aromatic N) is 4. The molecule has 164 valence electrons. The summed E-state index contributed by atoms with van der Waals surface area (Å²) in [5, 5.41) is 3.98. The van der Waals surface area contributed by atoms with Crippen LogP contribution in [0.3, 0.4) is 0 Å². The molecular weight excluding hydrogens is 426 g/mol. The first-order chi connectivity index (χ1) is 15.5. The molecule has 0 unspecified atom stereocenters. The third kappa shape index (κ3) is 3.74. The lowest BCUT2D eigenvalue weighted by atomic mass is 10.0. The zero-order valence-corrected chi connectivity index (χ0v) is 18.6. The van der Waals surface area contributed by atoms with Crippen LogP contribution in [0.4, 0.5) is 0 Å². The van der Waals surface area contributed by atoms with Crippen molar-refractivity contribution in [3.05, 3.63) is 65.1 Å². The molecule has 32 heavy (non-hydrogen) atoms. The summed E-state index contributed by atoms with van der Waals surface area (Å²) in [6.07, 6.45) is 4.75. The van der Waals surface area contributed by atoms with Crippen molar-refractivity contribution in [2.45, 2.75) is 26.0 Å². The first-order valence-electron chi connectivity index (χ1n) is 10.5. The summed E-state index contributed by atoms with van der Waals surface area (Å²) in [7, 11) is 0. The second kappa shape index (κ2) is 8.33. The summed E-state index contributed by atoms with van der Waals surface area (Å²) in [5.41, 5.74) is 1.19. The van der Waals surface area contributed by atoms with Gasteiger partial charge in [-0.05, 0) is 31.4 Å². The van der Waals surface area contributed by atoms with Crippen molar-refractivity contribution < 1.29 is 14.3 Å². The molecule has 1 saturated heterocycles. The van der Waals surface area contributed by atoms with E-state index in [2.05, 4.69) is 15.3 Å². The molecule has 4 heterocycles. The normalized spacial score (nSPS) is 16.7. The number of ether oxygens (including phenoxy) is 1. The van der Waals surface area contributed by atoms with Crippen molar-refractivity contribution in [3.8, 4) is 0 Å². The quantitative estimate of drug-likeness (QED) is 0.516. The zero-order valence-electron chi connectivity index (χ0n) is 17.8. The Morgan fingerprint density at radius 2 is 2.09 bits per heavy atom. The van der Waals surface area contributed by atoms with E-state index in [9.17, 15) is 9.59 Å². The minimum absolute atomic E-state index is 0.0227. The predicted octanol–water partition coefficient (Wildman–Crippen LogP) is 3.30. The molecule has 0 saturated carbocycles. The van der Waals surface area contributed by atoms with Gasteiger partial charge in [-0.1, -0.05) is 18.2 Å². The number of hydrogen-bond acceptors (Lipinski definition) is 6. The van der Waals surface area contributed by atoms with Crippen LogP contribution in [0.25, 0.3) is 15.9 Å². The fraction of sp³-hybridized carbons (Fsp3) is 0.304. The second-order valence-corrected chi connectivity index (χ2v) is 9.09. The van der Waals surface area contributed by atoms with E-state index in [1.165, 1.54) is 11.3 Å². The predicted molar refractivity (Wildman–Crippen MR) is 122 cm³/mol.